The highest BCUT2D eigenvalue weighted by atomic mass is 35.5. The molecule has 11 heteroatoms. The maximum atomic E-state index is 14.5. The van der Waals surface area contributed by atoms with Gasteiger partial charge in [0.2, 0.25) is 0 Å². The highest BCUT2D eigenvalue weighted by Crippen LogP contribution is 2.36. The Kier molecular flexibility index (Phi) is 7.87. The molecule has 1 aromatic heterocycles. The van der Waals surface area contributed by atoms with E-state index in [-0.39, 0.29) is 17.7 Å². The summed E-state index contributed by atoms with van der Waals surface area (Å²) in [6, 6.07) is 5.74. The van der Waals surface area contributed by atoms with E-state index in [2.05, 4.69) is 15.3 Å². The first kappa shape index (κ1) is 26.7. The van der Waals surface area contributed by atoms with Gasteiger partial charge in [0.15, 0.2) is 17.3 Å². The summed E-state index contributed by atoms with van der Waals surface area (Å²) in [5.41, 5.74) is -0.0158. The van der Waals surface area contributed by atoms with Crippen LogP contribution < -0.4 is 14.8 Å². The van der Waals surface area contributed by atoms with Crippen LogP contribution >= 0.6 is 11.6 Å². The Bertz CT molecular complexity index is 1290. The van der Waals surface area contributed by atoms with Crippen LogP contribution in [0, 0.1) is 17.6 Å². The SMILES string of the molecule is COc1cc2ncnc(Nc3ccc(F)c(Cl)c3F)c2cc1OCC1CCN(C(=O)OC(C)(C)C)CC1. The van der Waals surface area contributed by atoms with E-state index in [1.165, 1.54) is 19.5 Å². The van der Waals surface area contributed by atoms with E-state index in [0.29, 0.717) is 47.9 Å². The maximum Gasteiger partial charge on any atom is 0.410 e. The molecule has 0 atom stereocenters. The lowest BCUT2D eigenvalue weighted by atomic mass is 9.98. The van der Waals surface area contributed by atoms with Crippen molar-refractivity contribution in [1.82, 2.24) is 14.9 Å². The number of amides is 1. The van der Waals surface area contributed by atoms with Gasteiger partial charge in [-0.2, -0.15) is 0 Å². The van der Waals surface area contributed by atoms with Crippen LogP contribution in [0.4, 0.5) is 25.1 Å². The lowest BCUT2D eigenvalue weighted by Gasteiger charge is -2.33. The molecule has 0 bridgehead atoms. The first-order chi connectivity index (χ1) is 17.6. The van der Waals surface area contributed by atoms with Crippen LogP contribution in [0.5, 0.6) is 11.5 Å². The summed E-state index contributed by atoms with van der Waals surface area (Å²) in [4.78, 5) is 22.5. The quantitative estimate of drug-likeness (QED) is 0.369. The third-order valence-corrected chi connectivity index (χ3v) is 6.30. The van der Waals surface area contributed by atoms with Gasteiger partial charge in [0.05, 0.1) is 24.9 Å². The van der Waals surface area contributed by atoms with Gasteiger partial charge in [0, 0.05) is 24.5 Å². The molecule has 0 spiro atoms. The minimum Gasteiger partial charge on any atom is -0.493 e. The van der Waals surface area contributed by atoms with Crippen molar-refractivity contribution in [1.29, 1.82) is 0 Å². The molecule has 2 aromatic carbocycles. The van der Waals surface area contributed by atoms with Crippen LogP contribution in [0.2, 0.25) is 5.02 Å². The number of nitrogens with zero attached hydrogens (tertiary/aromatic N) is 3. The monoisotopic (exact) mass is 534 g/mol. The first-order valence-corrected chi connectivity index (χ1v) is 12.3. The zero-order chi connectivity index (χ0) is 26.7. The molecule has 1 fully saturated rings. The molecule has 0 aliphatic carbocycles. The van der Waals surface area contributed by atoms with Gasteiger partial charge < -0.3 is 24.4 Å². The number of aromatic nitrogens is 2. The number of likely N-dealkylation sites (tertiary alicyclic amines) is 1. The van der Waals surface area contributed by atoms with E-state index in [9.17, 15) is 13.6 Å². The van der Waals surface area contributed by atoms with Gasteiger partial charge in [0.1, 0.15) is 28.6 Å². The van der Waals surface area contributed by atoms with Gasteiger partial charge in [-0.3, -0.25) is 0 Å². The summed E-state index contributed by atoms with van der Waals surface area (Å²) in [6.45, 7) is 7.14. The van der Waals surface area contributed by atoms with Crippen molar-refractivity contribution in [3.63, 3.8) is 0 Å². The third-order valence-electron chi connectivity index (χ3n) is 5.95. The first-order valence-electron chi connectivity index (χ1n) is 11.9. The second kappa shape index (κ2) is 10.9. The molecule has 1 aliphatic heterocycles. The van der Waals surface area contributed by atoms with Crippen LogP contribution in [0.15, 0.2) is 30.6 Å². The lowest BCUT2D eigenvalue weighted by molar-refractivity contribution is 0.0164. The summed E-state index contributed by atoms with van der Waals surface area (Å²) >= 11 is 5.71. The zero-order valence-corrected chi connectivity index (χ0v) is 21.9. The highest BCUT2D eigenvalue weighted by Gasteiger charge is 2.27. The predicted molar refractivity (Wildman–Crippen MR) is 137 cm³/mol. The van der Waals surface area contributed by atoms with Crippen LogP contribution in [-0.4, -0.2) is 53.4 Å². The number of ether oxygens (including phenoxy) is 3. The number of carbonyl (C=O) groups is 1. The number of rotatable bonds is 6. The fraction of sp³-hybridized carbons (Fsp3) is 0.423. The van der Waals surface area contributed by atoms with Crippen molar-refractivity contribution in [3.8, 4) is 11.5 Å². The molecule has 0 unspecified atom stereocenters. The molecule has 2 heterocycles. The number of carbonyl (C=O) groups excluding carboxylic acids is 1. The minimum absolute atomic E-state index is 0.0265. The molecule has 1 amide bonds. The average molecular weight is 535 g/mol. The average Bonchev–Trinajstić information content (AvgIpc) is 2.86. The van der Waals surface area contributed by atoms with Crippen molar-refractivity contribution >= 4 is 40.1 Å². The standard InChI is InChI=1S/C26H29ClF2N4O4/c1-26(2,3)37-25(34)33-9-7-15(8-10-33)13-36-21-11-16-19(12-20(21)35-4)30-14-31-24(16)32-18-6-5-17(28)22(27)23(18)29/h5-6,11-12,14-15H,7-10,13H2,1-4H3,(H,30,31,32). The number of nitrogens with one attached hydrogen (secondary N) is 1. The molecule has 198 valence electrons. The van der Waals surface area contributed by atoms with E-state index in [4.69, 9.17) is 25.8 Å². The molecule has 8 nitrogen and oxygen atoms in total. The number of piperidine rings is 1. The van der Waals surface area contributed by atoms with E-state index in [1.54, 1.807) is 17.0 Å². The topological polar surface area (TPSA) is 85.8 Å². The number of benzene rings is 2. The fourth-order valence-electron chi connectivity index (χ4n) is 4.00. The number of hydrogen-bond donors (Lipinski definition) is 1. The second-order valence-corrected chi connectivity index (χ2v) is 10.2. The van der Waals surface area contributed by atoms with E-state index >= 15 is 0 Å². The Morgan fingerprint density at radius 3 is 2.57 bits per heavy atom. The minimum atomic E-state index is -0.920. The Morgan fingerprint density at radius 2 is 1.89 bits per heavy atom. The second-order valence-electron chi connectivity index (χ2n) is 9.81. The number of anilines is 2. The Balaban J connectivity index is 1.48. The Hall–Kier alpha value is -3.40. The smallest absolute Gasteiger partial charge is 0.410 e. The summed E-state index contributed by atoms with van der Waals surface area (Å²) in [5, 5.41) is 2.81. The van der Waals surface area contributed by atoms with E-state index in [0.717, 1.165) is 18.9 Å². The van der Waals surface area contributed by atoms with Gasteiger partial charge in [-0.15, -0.1) is 0 Å². The van der Waals surface area contributed by atoms with Gasteiger partial charge in [-0.25, -0.2) is 23.5 Å². The summed E-state index contributed by atoms with van der Waals surface area (Å²) < 4.78 is 45.1. The van der Waals surface area contributed by atoms with Gasteiger partial charge in [-0.05, 0) is 57.7 Å². The predicted octanol–water partition coefficient (Wildman–Crippen LogP) is 6.34. The summed E-state index contributed by atoms with van der Waals surface area (Å²) in [5.74, 6) is -0.283. The third kappa shape index (κ3) is 6.30. The molecule has 1 saturated heterocycles. The van der Waals surface area contributed by atoms with E-state index in [1.807, 2.05) is 20.8 Å². The Morgan fingerprint density at radius 1 is 1.16 bits per heavy atom. The molecule has 1 N–H and O–H groups in total. The van der Waals surface area contributed by atoms with Crippen molar-refractivity contribution in [2.24, 2.45) is 5.92 Å². The highest BCUT2D eigenvalue weighted by molar-refractivity contribution is 6.31. The largest absolute Gasteiger partial charge is 0.493 e. The van der Waals surface area contributed by atoms with Crippen molar-refractivity contribution in [2.45, 2.75) is 39.2 Å². The molecule has 1 aliphatic rings. The normalized spacial score (nSPS) is 14.5. The van der Waals surface area contributed by atoms with Crippen LogP contribution in [0.25, 0.3) is 10.9 Å². The number of hydrogen-bond acceptors (Lipinski definition) is 7. The van der Waals surface area contributed by atoms with Crippen molar-refractivity contribution in [2.75, 3.05) is 32.1 Å². The van der Waals surface area contributed by atoms with Crippen LogP contribution in [0.1, 0.15) is 33.6 Å². The molecule has 4 rings (SSSR count). The van der Waals surface area contributed by atoms with E-state index < -0.39 is 22.3 Å². The molecule has 3 aromatic rings. The van der Waals surface area contributed by atoms with Gasteiger partial charge in [0.25, 0.3) is 0 Å². The van der Waals surface area contributed by atoms with Crippen molar-refractivity contribution < 1.29 is 27.8 Å². The molecule has 0 radical (unpaired) electrons. The number of fused-ring (bicyclic) bond motifs is 1. The lowest BCUT2D eigenvalue weighted by Crippen LogP contribution is -2.42. The van der Waals surface area contributed by atoms with Gasteiger partial charge in [-0.1, -0.05) is 11.6 Å². The fourth-order valence-corrected chi connectivity index (χ4v) is 4.17. The van der Waals surface area contributed by atoms with Crippen LogP contribution in [0.3, 0.4) is 0 Å². The molecular weight excluding hydrogens is 506 g/mol. The van der Waals surface area contributed by atoms with Crippen molar-refractivity contribution in [3.05, 3.63) is 47.2 Å². The number of halogens is 3. The Labute approximate surface area is 218 Å². The van der Waals surface area contributed by atoms with Gasteiger partial charge >= 0.3 is 6.09 Å². The summed E-state index contributed by atoms with van der Waals surface area (Å²) in [6.07, 6.45) is 2.57. The molecule has 37 heavy (non-hydrogen) atoms. The summed E-state index contributed by atoms with van der Waals surface area (Å²) in [7, 11) is 1.53. The zero-order valence-electron chi connectivity index (χ0n) is 21.1. The maximum absolute atomic E-state index is 14.5. The number of methoxy groups -OCH3 is 1. The molecule has 0 saturated carbocycles. The molecular formula is C26H29ClF2N4O4. The van der Waals surface area contributed by atoms with Crippen LogP contribution in [-0.2, 0) is 4.74 Å².